The summed E-state index contributed by atoms with van der Waals surface area (Å²) in [4.78, 5) is 0. The highest BCUT2D eigenvalue weighted by atomic mass is 127. The van der Waals surface area contributed by atoms with Gasteiger partial charge in [-0.3, -0.25) is 0 Å². The number of alkyl halides is 1. The van der Waals surface area contributed by atoms with Gasteiger partial charge in [0, 0.05) is 9.34 Å². The van der Waals surface area contributed by atoms with Gasteiger partial charge in [-0.2, -0.15) is 0 Å². The van der Waals surface area contributed by atoms with Crippen molar-refractivity contribution in [2.75, 3.05) is 0 Å². The Bertz CT molecular complexity index is 458. The summed E-state index contributed by atoms with van der Waals surface area (Å²) in [6.07, 6.45) is 13.3. The summed E-state index contributed by atoms with van der Waals surface area (Å²) >= 11 is 2.55. The summed E-state index contributed by atoms with van der Waals surface area (Å²) in [7, 11) is 0. The van der Waals surface area contributed by atoms with Crippen molar-refractivity contribution in [1.29, 1.82) is 0 Å². The van der Waals surface area contributed by atoms with Gasteiger partial charge >= 0.3 is 0 Å². The fourth-order valence-electron chi connectivity index (χ4n) is 3.18. The first kappa shape index (κ1) is 10.8. The van der Waals surface area contributed by atoms with Crippen molar-refractivity contribution in [2.45, 2.75) is 37.0 Å². The Morgan fingerprint density at radius 1 is 1.38 bits per heavy atom. The molecule has 0 radical (unpaired) electrons. The van der Waals surface area contributed by atoms with E-state index >= 15 is 0 Å². The molecule has 3 aliphatic rings. The van der Waals surface area contributed by atoms with E-state index in [1.807, 2.05) is 0 Å². The second-order valence-corrected chi connectivity index (χ2v) is 7.01. The third-order valence-electron chi connectivity index (χ3n) is 4.03. The van der Waals surface area contributed by atoms with Crippen LogP contribution in [-0.2, 0) is 0 Å². The minimum absolute atomic E-state index is 0.238. The second-order valence-electron chi connectivity index (χ2n) is 5.41. The molecule has 0 aliphatic heterocycles. The molecule has 0 amide bonds. The Labute approximate surface area is 111 Å². The highest BCUT2D eigenvalue weighted by Gasteiger charge is 2.40. The topological polar surface area (TPSA) is 0 Å². The molecule has 0 aromatic carbocycles. The van der Waals surface area contributed by atoms with Crippen LogP contribution < -0.4 is 0 Å². The Morgan fingerprint density at radius 3 is 3.00 bits per heavy atom. The van der Waals surface area contributed by atoms with Crippen LogP contribution in [0.3, 0.4) is 0 Å². The normalized spacial score (nSPS) is 30.8. The van der Waals surface area contributed by atoms with E-state index in [9.17, 15) is 0 Å². The standard InChI is InChI=1S/C15H17I/c1-15(2)13-6-4-3-5-11(13)12-8-7-10(16)9-14(12)15/h4,6,8-10H,3,5,7H2,1-2H3. The Balaban J connectivity index is 2.18. The van der Waals surface area contributed by atoms with Gasteiger partial charge in [0.05, 0.1) is 0 Å². The zero-order chi connectivity index (χ0) is 11.3. The monoisotopic (exact) mass is 324 g/mol. The molecular weight excluding hydrogens is 307 g/mol. The molecule has 0 aromatic rings. The molecule has 1 unspecified atom stereocenters. The Hall–Kier alpha value is -0.310. The zero-order valence-electron chi connectivity index (χ0n) is 9.89. The van der Waals surface area contributed by atoms with E-state index in [1.54, 1.807) is 22.3 Å². The molecule has 0 N–H and O–H groups in total. The summed E-state index contributed by atoms with van der Waals surface area (Å²) in [5.74, 6) is 0. The maximum atomic E-state index is 2.55. The molecule has 0 nitrogen and oxygen atoms in total. The summed E-state index contributed by atoms with van der Waals surface area (Å²) in [6.45, 7) is 4.75. The van der Waals surface area contributed by atoms with Gasteiger partial charge < -0.3 is 0 Å². The van der Waals surface area contributed by atoms with E-state index in [2.05, 4.69) is 60.7 Å². The van der Waals surface area contributed by atoms with E-state index in [1.165, 1.54) is 19.3 Å². The molecule has 0 fully saturated rings. The average molecular weight is 324 g/mol. The van der Waals surface area contributed by atoms with Crippen LogP contribution in [-0.4, -0.2) is 3.92 Å². The molecule has 0 spiro atoms. The van der Waals surface area contributed by atoms with Crippen molar-refractivity contribution in [3.63, 3.8) is 0 Å². The Kier molecular flexibility index (Phi) is 2.43. The third-order valence-corrected chi connectivity index (χ3v) is 4.90. The molecule has 0 saturated carbocycles. The predicted molar refractivity (Wildman–Crippen MR) is 77.8 cm³/mol. The van der Waals surface area contributed by atoms with Crippen LogP contribution in [0.15, 0.2) is 46.6 Å². The first-order chi connectivity index (χ1) is 7.60. The number of rotatable bonds is 0. The van der Waals surface area contributed by atoms with E-state index in [4.69, 9.17) is 0 Å². The lowest BCUT2D eigenvalue weighted by Gasteiger charge is -2.26. The molecule has 0 saturated heterocycles. The largest absolute Gasteiger partial charge is 0.0839 e. The second kappa shape index (κ2) is 3.59. The van der Waals surface area contributed by atoms with Crippen LogP contribution >= 0.6 is 22.6 Å². The van der Waals surface area contributed by atoms with Crippen molar-refractivity contribution < 1.29 is 0 Å². The quantitative estimate of drug-likeness (QED) is 0.446. The fraction of sp³-hybridized carbons (Fsp3) is 0.467. The summed E-state index contributed by atoms with van der Waals surface area (Å²) in [5.41, 5.74) is 6.58. The van der Waals surface area contributed by atoms with Gasteiger partial charge in [-0.1, -0.05) is 60.7 Å². The zero-order valence-corrected chi connectivity index (χ0v) is 12.0. The van der Waals surface area contributed by atoms with Crippen molar-refractivity contribution in [1.82, 2.24) is 0 Å². The van der Waals surface area contributed by atoms with E-state index in [0.717, 1.165) is 0 Å². The number of hydrogen-bond donors (Lipinski definition) is 0. The van der Waals surface area contributed by atoms with E-state index < -0.39 is 0 Å². The number of allylic oxidation sites excluding steroid dienone is 8. The van der Waals surface area contributed by atoms with Crippen LogP contribution in [0.2, 0.25) is 0 Å². The lowest BCUT2D eigenvalue weighted by molar-refractivity contribution is 0.571. The summed E-state index contributed by atoms with van der Waals surface area (Å²) < 4.78 is 0.681. The molecule has 3 rings (SSSR count). The average Bonchev–Trinajstić information content (AvgIpc) is 2.49. The van der Waals surface area contributed by atoms with Crippen LogP contribution in [0.1, 0.15) is 33.1 Å². The molecule has 0 bridgehead atoms. The third kappa shape index (κ3) is 1.40. The van der Waals surface area contributed by atoms with Crippen molar-refractivity contribution in [2.24, 2.45) is 5.41 Å². The predicted octanol–water partition coefficient (Wildman–Crippen LogP) is 4.73. The Morgan fingerprint density at radius 2 is 2.19 bits per heavy atom. The molecule has 0 aromatic heterocycles. The maximum Gasteiger partial charge on any atom is 0.0330 e. The first-order valence-electron chi connectivity index (χ1n) is 6.08. The molecule has 84 valence electrons. The number of hydrogen-bond acceptors (Lipinski definition) is 0. The number of fused-ring (bicyclic) bond motifs is 2. The molecule has 1 heteroatoms. The van der Waals surface area contributed by atoms with E-state index in [0.29, 0.717) is 3.92 Å². The van der Waals surface area contributed by atoms with E-state index in [-0.39, 0.29) is 5.41 Å². The minimum Gasteiger partial charge on any atom is -0.0839 e. The minimum atomic E-state index is 0.238. The van der Waals surface area contributed by atoms with Crippen molar-refractivity contribution in [3.8, 4) is 0 Å². The van der Waals surface area contributed by atoms with Crippen molar-refractivity contribution >= 4 is 22.6 Å². The lowest BCUT2D eigenvalue weighted by Crippen LogP contribution is -2.15. The molecule has 16 heavy (non-hydrogen) atoms. The lowest BCUT2D eigenvalue weighted by atomic mass is 9.78. The SMILES string of the molecule is CC1(C)C2=CC(I)CC=C2C2=C1C=CCC2. The molecule has 1 atom stereocenters. The highest BCUT2D eigenvalue weighted by molar-refractivity contribution is 14.1. The summed E-state index contributed by atoms with van der Waals surface area (Å²) in [6, 6.07) is 0. The maximum absolute atomic E-state index is 2.55. The van der Waals surface area contributed by atoms with Gasteiger partial charge in [0.15, 0.2) is 0 Å². The summed E-state index contributed by atoms with van der Waals surface area (Å²) in [5, 5.41) is 0. The molecular formula is C15H17I. The van der Waals surface area contributed by atoms with Crippen LogP contribution in [0.5, 0.6) is 0 Å². The van der Waals surface area contributed by atoms with Gasteiger partial charge in [0.1, 0.15) is 0 Å². The van der Waals surface area contributed by atoms with Crippen LogP contribution in [0.25, 0.3) is 0 Å². The van der Waals surface area contributed by atoms with Gasteiger partial charge in [-0.05, 0) is 41.6 Å². The van der Waals surface area contributed by atoms with Gasteiger partial charge in [0.25, 0.3) is 0 Å². The highest BCUT2D eigenvalue weighted by Crippen LogP contribution is 2.54. The van der Waals surface area contributed by atoms with Gasteiger partial charge in [-0.15, -0.1) is 0 Å². The first-order valence-corrected chi connectivity index (χ1v) is 7.32. The van der Waals surface area contributed by atoms with Crippen molar-refractivity contribution in [3.05, 3.63) is 46.6 Å². The fourth-order valence-corrected chi connectivity index (χ4v) is 3.80. The number of halogens is 1. The smallest absolute Gasteiger partial charge is 0.0330 e. The van der Waals surface area contributed by atoms with Gasteiger partial charge in [-0.25, -0.2) is 0 Å². The van der Waals surface area contributed by atoms with Crippen LogP contribution in [0.4, 0.5) is 0 Å². The molecule has 3 aliphatic carbocycles. The molecule has 0 heterocycles. The van der Waals surface area contributed by atoms with Gasteiger partial charge in [0.2, 0.25) is 0 Å². The van der Waals surface area contributed by atoms with Crippen LogP contribution in [0, 0.1) is 5.41 Å².